The van der Waals surface area contributed by atoms with Crippen LogP contribution in [0.15, 0.2) is 53.7 Å². The van der Waals surface area contributed by atoms with E-state index in [2.05, 4.69) is 34.6 Å². The summed E-state index contributed by atoms with van der Waals surface area (Å²) in [6.07, 6.45) is 5.67. The van der Waals surface area contributed by atoms with Gasteiger partial charge >= 0.3 is 0 Å². The Labute approximate surface area is 157 Å². The molecule has 26 heavy (non-hydrogen) atoms. The minimum absolute atomic E-state index is 0.0267. The average molecular weight is 367 g/mol. The highest BCUT2D eigenvalue weighted by Gasteiger charge is 2.37. The number of pyridine rings is 1. The molecule has 1 aromatic carbocycles. The number of fused-ring (bicyclic) bond motifs is 1. The lowest BCUT2D eigenvalue weighted by Gasteiger charge is -2.24. The fraction of sp³-hybridized carbons (Fsp3) is 0.350. The van der Waals surface area contributed by atoms with Gasteiger partial charge in [0, 0.05) is 36.3 Å². The Morgan fingerprint density at radius 2 is 1.81 bits per heavy atom. The first-order chi connectivity index (χ1) is 12.7. The lowest BCUT2D eigenvalue weighted by atomic mass is 10.1. The second kappa shape index (κ2) is 7.50. The molecule has 4 rings (SSSR count). The molecule has 2 aromatic rings. The molecule has 2 aliphatic rings. The number of nitrogens with one attached hydrogen (secondary N) is 1. The first kappa shape index (κ1) is 17.1. The SMILES string of the molecule is O=C(CSc1ccncc1)N[C@H]1CC(=O)N(C2Cc3ccccc3C2)C1. The molecule has 0 unspecified atom stereocenters. The Kier molecular flexibility index (Phi) is 4.93. The highest BCUT2D eigenvalue weighted by Crippen LogP contribution is 2.28. The first-order valence-electron chi connectivity index (χ1n) is 8.87. The molecule has 6 heteroatoms. The highest BCUT2D eigenvalue weighted by molar-refractivity contribution is 8.00. The van der Waals surface area contributed by atoms with Gasteiger partial charge in [-0.15, -0.1) is 11.8 Å². The van der Waals surface area contributed by atoms with Crippen molar-refractivity contribution in [2.75, 3.05) is 12.3 Å². The lowest BCUT2D eigenvalue weighted by Crippen LogP contribution is -2.41. The van der Waals surface area contributed by atoms with Gasteiger partial charge in [-0.3, -0.25) is 14.6 Å². The minimum atomic E-state index is -0.0863. The van der Waals surface area contributed by atoms with E-state index in [0.29, 0.717) is 18.7 Å². The average Bonchev–Trinajstić information content (AvgIpc) is 3.23. The standard InChI is InChI=1S/C20H21N3O2S/c24-19(13-26-18-5-7-21-8-6-18)22-16-11-20(25)23(12-16)17-9-14-3-1-2-4-15(14)10-17/h1-8,16-17H,9-13H2,(H,22,24)/t16-/m0/s1. The summed E-state index contributed by atoms with van der Waals surface area (Å²) in [4.78, 5) is 31.6. The molecule has 1 N–H and O–H groups in total. The predicted octanol–water partition coefficient (Wildman–Crippen LogP) is 2.06. The molecule has 1 atom stereocenters. The molecule has 1 aliphatic carbocycles. The van der Waals surface area contributed by atoms with E-state index in [4.69, 9.17) is 0 Å². The Bertz CT molecular complexity index is 787. The molecule has 134 valence electrons. The van der Waals surface area contributed by atoms with E-state index in [9.17, 15) is 9.59 Å². The number of thioether (sulfide) groups is 1. The van der Waals surface area contributed by atoms with Crippen molar-refractivity contribution in [2.24, 2.45) is 0 Å². The number of carbonyl (C=O) groups is 2. The van der Waals surface area contributed by atoms with Crippen molar-refractivity contribution < 1.29 is 9.59 Å². The van der Waals surface area contributed by atoms with Crippen LogP contribution in [0.5, 0.6) is 0 Å². The maximum atomic E-state index is 12.4. The second-order valence-corrected chi connectivity index (χ2v) is 7.87. The quantitative estimate of drug-likeness (QED) is 0.822. The minimum Gasteiger partial charge on any atom is -0.350 e. The maximum absolute atomic E-state index is 12.4. The molecule has 0 radical (unpaired) electrons. The van der Waals surface area contributed by atoms with Gasteiger partial charge in [0.05, 0.1) is 11.8 Å². The summed E-state index contributed by atoms with van der Waals surface area (Å²) in [7, 11) is 0. The highest BCUT2D eigenvalue weighted by atomic mass is 32.2. The van der Waals surface area contributed by atoms with Crippen LogP contribution in [0.3, 0.4) is 0 Å². The van der Waals surface area contributed by atoms with Crippen molar-refractivity contribution in [2.45, 2.75) is 36.2 Å². The van der Waals surface area contributed by atoms with Crippen LogP contribution in [0.2, 0.25) is 0 Å². The van der Waals surface area contributed by atoms with Gasteiger partial charge in [-0.1, -0.05) is 24.3 Å². The second-order valence-electron chi connectivity index (χ2n) is 6.82. The first-order valence-corrected chi connectivity index (χ1v) is 9.86. The van der Waals surface area contributed by atoms with Crippen molar-refractivity contribution in [3.63, 3.8) is 0 Å². The third-order valence-corrected chi connectivity index (χ3v) is 6.03. The molecule has 5 nitrogen and oxygen atoms in total. The van der Waals surface area contributed by atoms with E-state index in [1.807, 2.05) is 17.0 Å². The van der Waals surface area contributed by atoms with Gasteiger partial charge < -0.3 is 10.2 Å². The number of benzene rings is 1. The Balaban J connectivity index is 1.29. The summed E-state index contributed by atoms with van der Waals surface area (Å²) in [5, 5.41) is 3.02. The molecule has 0 saturated carbocycles. The maximum Gasteiger partial charge on any atom is 0.230 e. The number of aromatic nitrogens is 1. The normalized spacial score (nSPS) is 19.6. The fourth-order valence-corrected chi connectivity index (χ4v) is 4.49. The zero-order valence-electron chi connectivity index (χ0n) is 14.4. The fourth-order valence-electron chi connectivity index (χ4n) is 3.79. The number of likely N-dealkylation sites (tertiary alicyclic amines) is 1. The van der Waals surface area contributed by atoms with E-state index >= 15 is 0 Å². The van der Waals surface area contributed by atoms with E-state index < -0.39 is 0 Å². The summed E-state index contributed by atoms with van der Waals surface area (Å²) < 4.78 is 0. The van der Waals surface area contributed by atoms with Crippen molar-refractivity contribution in [1.82, 2.24) is 15.2 Å². The Morgan fingerprint density at radius 3 is 2.50 bits per heavy atom. The van der Waals surface area contributed by atoms with Crippen molar-refractivity contribution in [3.8, 4) is 0 Å². The largest absolute Gasteiger partial charge is 0.350 e. The van der Waals surface area contributed by atoms with Crippen LogP contribution in [0.1, 0.15) is 17.5 Å². The van der Waals surface area contributed by atoms with Gasteiger partial charge in [0.25, 0.3) is 0 Å². The summed E-state index contributed by atoms with van der Waals surface area (Å²) >= 11 is 1.48. The number of carbonyl (C=O) groups excluding carboxylic acids is 2. The van der Waals surface area contributed by atoms with Crippen LogP contribution >= 0.6 is 11.8 Å². The third kappa shape index (κ3) is 3.75. The molecule has 1 fully saturated rings. The van der Waals surface area contributed by atoms with Gasteiger partial charge in [0.1, 0.15) is 0 Å². The van der Waals surface area contributed by atoms with Crippen molar-refractivity contribution in [1.29, 1.82) is 0 Å². The van der Waals surface area contributed by atoms with Crippen LogP contribution < -0.4 is 5.32 Å². The van der Waals surface area contributed by atoms with Crippen LogP contribution in [0.25, 0.3) is 0 Å². The molecule has 2 amide bonds. The molecule has 2 heterocycles. The van der Waals surface area contributed by atoms with Crippen molar-refractivity contribution in [3.05, 3.63) is 59.9 Å². The number of amides is 2. The molecular formula is C20H21N3O2S. The summed E-state index contributed by atoms with van der Waals surface area (Å²) in [6, 6.07) is 12.3. The molecule has 1 aliphatic heterocycles. The topological polar surface area (TPSA) is 62.3 Å². The van der Waals surface area contributed by atoms with Crippen LogP contribution in [-0.4, -0.2) is 46.1 Å². The number of hydrogen-bond donors (Lipinski definition) is 1. The Hall–Kier alpha value is -2.34. The Morgan fingerprint density at radius 1 is 1.12 bits per heavy atom. The van der Waals surface area contributed by atoms with Gasteiger partial charge in [-0.25, -0.2) is 0 Å². The van der Waals surface area contributed by atoms with Gasteiger partial charge in [-0.2, -0.15) is 0 Å². The monoisotopic (exact) mass is 367 g/mol. The zero-order valence-corrected chi connectivity index (χ0v) is 15.2. The van der Waals surface area contributed by atoms with Crippen LogP contribution in [-0.2, 0) is 22.4 Å². The van der Waals surface area contributed by atoms with Gasteiger partial charge in [0.15, 0.2) is 0 Å². The molecular weight excluding hydrogens is 346 g/mol. The van der Waals surface area contributed by atoms with Crippen LogP contribution in [0, 0.1) is 0 Å². The zero-order chi connectivity index (χ0) is 17.9. The van der Waals surface area contributed by atoms with Crippen molar-refractivity contribution >= 4 is 23.6 Å². The lowest BCUT2D eigenvalue weighted by molar-refractivity contribution is -0.129. The smallest absolute Gasteiger partial charge is 0.230 e. The number of nitrogens with zero attached hydrogens (tertiary/aromatic N) is 2. The summed E-state index contributed by atoms with van der Waals surface area (Å²) in [6.45, 7) is 0.614. The number of rotatable bonds is 5. The van der Waals surface area contributed by atoms with E-state index in [0.717, 1.165) is 17.7 Å². The molecule has 1 saturated heterocycles. The molecule has 1 aromatic heterocycles. The summed E-state index contributed by atoms with van der Waals surface area (Å²) in [5.74, 6) is 0.472. The van der Waals surface area contributed by atoms with E-state index in [-0.39, 0.29) is 23.9 Å². The van der Waals surface area contributed by atoms with E-state index in [1.165, 1.54) is 22.9 Å². The van der Waals surface area contributed by atoms with Crippen LogP contribution in [0.4, 0.5) is 0 Å². The summed E-state index contributed by atoms with van der Waals surface area (Å²) in [5.41, 5.74) is 2.68. The third-order valence-electron chi connectivity index (χ3n) is 5.01. The van der Waals surface area contributed by atoms with Gasteiger partial charge in [-0.05, 0) is 36.1 Å². The predicted molar refractivity (Wildman–Crippen MR) is 101 cm³/mol. The van der Waals surface area contributed by atoms with Gasteiger partial charge in [0.2, 0.25) is 11.8 Å². The van der Waals surface area contributed by atoms with E-state index in [1.54, 1.807) is 12.4 Å². The molecule has 0 bridgehead atoms. The molecule has 0 spiro atoms. The number of hydrogen-bond acceptors (Lipinski definition) is 4.